The average Bonchev–Trinajstić information content (AvgIpc) is 3.36. The summed E-state index contributed by atoms with van der Waals surface area (Å²) >= 11 is 0. The van der Waals surface area contributed by atoms with E-state index in [1.54, 1.807) is 0 Å². The minimum absolute atomic E-state index is 0.201. The Morgan fingerprint density at radius 3 is 2.68 bits per heavy atom. The van der Waals surface area contributed by atoms with Crippen LogP contribution in [0.2, 0.25) is 0 Å². The second-order valence-corrected chi connectivity index (χ2v) is 7.99. The number of aromatic nitrogens is 3. The van der Waals surface area contributed by atoms with Crippen LogP contribution >= 0.6 is 0 Å². The Kier molecular flexibility index (Phi) is 4.97. The molecule has 2 heterocycles. The van der Waals surface area contributed by atoms with Crippen LogP contribution in [0.5, 0.6) is 0 Å². The highest BCUT2D eigenvalue weighted by Crippen LogP contribution is 2.23. The average molecular weight is 406 g/mol. The van der Waals surface area contributed by atoms with Gasteiger partial charge in [0.15, 0.2) is 0 Å². The van der Waals surface area contributed by atoms with Crippen molar-refractivity contribution >= 4 is 39.7 Å². The maximum atomic E-state index is 12.8. The van der Waals surface area contributed by atoms with Gasteiger partial charge >= 0.3 is 0 Å². The van der Waals surface area contributed by atoms with Crippen molar-refractivity contribution in [3.63, 3.8) is 0 Å². The van der Waals surface area contributed by atoms with Crippen LogP contribution in [0.15, 0.2) is 72.9 Å². The first-order chi connectivity index (χ1) is 15.2. The lowest BCUT2D eigenvalue weighted by molar-refractivity contribution is -0.117. The summed E-state index contributed by atoms with van der Waals surface area (Å²) < 4.78 is 0. The third kappa shape index (κ3) is 4.05. The summed E-state index contributed by atoms with van der Waals surface area (Å²) in [6.07, 6.45) is 6.87. The van der Waals surface area contributed by atoms with Gasteiger partial charge in [0.2, 0.25) is 0 Å². The molecule has 0 aliphatic carbocycles. The van der Waals surface area contributed by atoms with Crippen LogP contribution in [0, 0.1) is 6.92 Å². The number of aromatic amines is 2. The number of hydrogen-bond acceptors (Lipinski definition) is 2. The molecule has 0 aliphatic heterocycles. The number of ketones is 1. The first-order valence-electron chi connectivity index (χ1n) is 10.4. The molecular formula is C27H23N3O. The summed E-state index contributed by atoms with van der Waals surface area (Å²) in [5.41, 5.74) is 7.30. The SMILES string of the molecule is Cc1ccc2[nH]cc(CC(=O)Cc3ccc4n[nH]c(/C=C/c5ccccc5)c4c3)c2c1. The molecule has 152 valence electrons. The summed E-state index contributed by atoms with van der Waals surface area (Å²) in [5, 5.41) is 9.65. The quantitative estimate of drug-likeness (QED) is 0.371. The zero-order valence-corrected chi connectivity index (χ0v) is 17.4. The van der Waals surface area contributed by atoms with E-state index in [9.17, 15) is 4.79 Å². The van der Waals surface area contributed by atoms with E-state index >= 15 is 0 Å². The van der Waals surface area contributed by atoms with Crippen LogP contribution < -0.4 is 0 Å². The molecule has 0 aliphatic rings. The van der Waals surface area contributed by atoms with Crippen LogP contribution in [-0.4, -0.2) is 21.0 Å². The van der Waals surface area contributed by atoms with E-state index in [0.717, 1.165) is 44.2 Å². The first kappa shape index (κ1) is 19.1. The largest absolute Gasteiger partial charge is 0.361 e. The van der Waals surface area contributed by atoms with Gasteiger partial charge in [-0.15, -0.1) is 0 Å². The minimum Gasteiger partial charge on any atom is -0.361 e. The van der Waals surface area contributed by atoms with Crippen molar-refractivity contribution in [2.75, 3.05) is 0 Å². The smallest absolute Gasteiger partial charge is 0.141 e. The van der Waals surface area contributed by atoms with Crippen molar-refractivity contribution in [1.29, 1.82) is 0 Å². The molecule has 0 radical (unpaired) electrons. The van der Waals surface area contributed by atoms with Gasteiger partial charge in [-0.3, -0.25) is 9.89 Å². The number of rotatable bonds is 6. The van der Waals surface area contributed by atoms with Crippen molar-refractivity contribution in [3.05, 3.63) is 101 Å². The number of H-pyrrole nitrogens is 2. The summed E-state index contributed by atoms with van der Waals surface area (Å²) in [6, 6.07) is 22.5. The minimum atomic E-state index is 0.201. The van der Waals surface area contributed by atoms with Crippen molar-refractivity contribution in [2.45, 2.75) is 19.8 Å². The van der Waals surface area contributed by atoms with Gasteiger partial charge < -0.3 is 4.98 Å². The maximum Gasteiger partial charge on any atom is 0.141 e. The normalized spacial score (nSPS) is 11.6. The van der Waals surface area contributed by atoms with Crippen molar-refractivity contribution in [1.82, 2.24) is 15.2 Å². The Labute approximate surface area is 180 Å². The molecule has 0 bridgehead atoms. The molecule has 3 aromatic carbocycles. The van der Waals surface area contributed by atoms with Gasteiger partial charge in [-0.1, -0.05) is 54.1 Å². The summed E-state index contributed by atoms with van der Waals surface area (Å²) in [7, 11) is 0. The topological polar surface area (TPSA) is 61.5 Å². The van der Waals surface area contributed by atoms with E-state index in [0.29, 0.717) is 12.8 Å². The van der Waals surface area contributed by atoms with Crippen LogP contribution in [-0.2, 0) is 17.6 Å². The van der Waals surface area contributed by atoms with Crippen molar-refractivity contribution in [2.24, 2.45) is 0 Å². The standard InChI is InChI=1S/C27H23N3O/c1-18-7-10-25-23(13-18)21(17-28-25)16-22(31)14-20-9-12-27-24(15-20)26(29-30-27)11-8-19-5-3-2-4-6-19/h2-13,15,17,28H,14,16H2,1H3,(H,29,30)/b11-8+. The first-order valence-corrected chi connectivity index (χ1v) is 10.4. The van der Waals surface area contributed by atoms with E-state index in [1.165, 1.54) is 5.56 Å². The fourth-order valence-electron chi connectivity index (χ4n) is 4.00. The van der Waals surface area contributed by atoms with Gasteiger partial charge in [0.25, 0.3) is 0 Å². The number of aryl methyl sites for hydroxylation is 1. The molecule has 0 unspecified atom stereocenters. The Hall–Kier alpha value is -3.92. The summed E-state index contributed by atoms with van der Waals surface area (Å²) in [4.78, 5) is 16.1. The highest BCUT2D eigenvalue weighted by Gasteiger charge is 2.11. The molecule has 4 nitrogen and oxygen atoms in total. The zero-order valence-electron chi connectivity index (χ0n) is 17.4. The van der Waals surface area contributed by atoms with Gasteiger partial charge in [-0.05, 0) is 54.0 Å². The lowest BCUT2D eigenvalue weighted by Gasteiger charge is -2.03. The van der Waals surface area contributed by atoms with E-state index in [-0.39, 0.29) is 5.78 Å². The summed E-state index contributed by atoms with van der Waals surface area (Å²) in [6.45, 7) is 2.07. The monoisotopic (exact) mass is 405 g/mol. The van der Waals surface area contributed by atoms with Gasteiger partial charge in [-0.2, -0.15) is 5.10 Å². The van der Waals surface area contributed by atoms with Crippen LogP contribution in [0.4, 0.5) is 0 Å². The second kappa shape index (κ2) is 8.07. The maximum absolute atomic E-state index is 12.8. The zero-order chi connectivity index (χ0) is 21.2. The molecule has 5 rings (SSSR count). The van der Waals surface area contributed by atoms with Crippen LogP contribution in [0.1, 0.15) is 27.9 Å². The molecule has 0 saturated heterocycles. The molecular weight excluding hydrogens is 382 g/mol. The number of benzene rings is 3. The van der Waals surface area contributed by atoms with E-state index in [1.807, 2.05) is 42.6 Å². The number of Topliss-reactive ketones (excluding diaryl/α,β-unsaturated/α-hetero) is 1. The Bertz CT molecular complexity index is 1410. The Morgan fingerprint density at radius 2 is 1.81 bits per heavy atom. The number of carbonyl (C=O) groups excluding carboxylic acids is 1. The van der Waals surface area contributed by atoms with Crippen molar-refractivity contribution < 1.29 is 4.79 Å². The van der Waals surface area contributed by atoms with E-state index < -0.39 is 0 Å². The van der Waals surface area contributed by atoms with E-state index in [2.05, 4.69) is 64.6 Å². The molecule has 0 fully saturated rings. The number of nitrogens with zero attached hydrogens (tertiary/aromatic N) is 1. The van der Waals surface area contributed by atoms with Crippen LogP contribution in [0.25, 0.3) is 34.0 Å². The molecule has 4 heteroatoms. The lowest BCUT2D eigenvalue weighted by Crippen LogP contribution is -2.06. The summed E-state index contributed by atoms with van der Waals surface area (Å²) in [5.74, 6) is 0.201. The molecule has 0 atom stereocenters. The molecule has 0 spiro atoms. The molecule has 2 N–H and O–H groups in total. The fourth-order valence-corrected chi connectivity index (χ4v) is 4.00. The van der Waals surface area contributed by atoms with Crippen molar-refractivity contribution in [3.8, 4) is 0 Å². The van der Waals surface area contributed by atoms with Gasteiger partial charge in [0, 0.05) is 35.3 Å². The molecule has 2 aromatic heterocycles. The Balaban J connectivity index is 1.36. The Morgan fingerprint density at radius 1 is 0.935 bits per heavy atom. The molecule has 31 heavy (non-hydrogen) atoms. The molecule has 5 aromatic rings. The fraction of sp³-hybridized carbons (Fsp3) is 0.111. The predicted octanol–water partition coefficient (Wildman–Crippen LogP) is 5.88. The number of fused-ring (bicyclic) bond motifs is 2. The number of nitrogens with one attached hydrogen (secondary N) is 2. The second-order valence-electron chi connectivity index (χ2n) is 7.99. The predicted molar refractivity (Wildman–Crippen MR) is 127 cm³/mol. The number of carbonyl (C=O) groups is 1. The molecule has 0 saturated carbocycles. The third-order valence-corrected chi connectivity index (χ3v) is 5.60. The highest BCUT2D eigenvalue weighted by molar-refractivity contribution is 5.93. The number of hydrogen-bond donors (Lipinski definition) is 2. The molecule has 0 amide bonds. The highest BCUT2D eigenvalue weighted by atomic mass is 16.1. The lowest BCUT2D eigenvalue weighted by atomic mass is 10.0. The van der Waals surface area contributed by atoms with Gasteiger partial charge in [0.05, 0.1) is 11.2 Å². The third-order valence-electron chi connectivity index (χ3n) is 5.60. The van der Waals surface area contributed by atoms with Gasteiger partial charge in [0.1, 0.15) is 5.78 Å². The van der Waals surface area contributed by atoms with E-state index in [4.69, 9.17) is 0 Å². The van der Waals surface area contributed by atoms with Crippen LogP contribution in [0.3, 0.4) is 0 Å². The van der Waals surface area contributed by atoms with Gasteiger partial charge in [-0.25, -0.2) is 0 Å².